The number of piperidine rings is 1. The van der Waals surface area contributed by atoms with E-state index >= 15 is 0 Å². The summed E-state index contributed by atoms with van der Waals surface area (Å²) >= 11 is 0. The lowest BCUT2D eigenvalue weighted by Gasteiger charge is -2.49. The minimum absolute atomic E-state index is 0.224. The van der Waals surface area contributed by atoms with Gasteiger partial charge in [0.25, 0.3) is 0 Å². The van der Waals surface area contributed by atoms with Gasteiger partial charge in [-0.3, -0.25) is 4.90 Å². The molecule has 0 amide bonds. The predicted octanol–water partition coefficient (Wildman–Crippen LogP) is 2.22. The highest BCUT2D eigenvalue weighted by Crippen LogP contribution is 2.38. The lowest BCUT2D eigenvalue weighted by Crippen LogP contribution is -2.60. The Hall–Kier alpha value is -1.92. The molecule has 1 aliphatic heterocycles. The largest absolute Gasteiger partial charge is 0.389 e. The summed E-state index contributed by atoms with van der Waals surface area (Å²) in [5, 5.41) is 15.0. The van der Waals surface area contributed by atoms with Gasteiger partial charge in [-0.2, -0.15) is 4.98 Å². The Balaban J connectivity index is 1.85. The van der Waals surface area contributed by atoms with E-state index in [4.69, 9.17) is 4.52 Å². The van der Waals surface area contributed by atoms with Crippen molar-refractivity contribution in [2.24, 2.45) is 0 Å². The van der Waals surface area contributed by atoms with Gasteiger partial charge in [-0.05, 0) is 26.1 Å². The van der Waals surface area contributed by atoms with Crippen LogP contribution in [0.4, 0.5) is 6.01 Å². The maximum absolute atomic E-state index is 11.0. The van der Waals surface area contributed by atoms with Crippen molar-refractivity contribution in [2.45, 2.75) is 37.8 Å². The summed E-state index contributed by atoms with van der Waals surface area (Å²) in [5.41, 5.74) is 0.731. The number of aliphatic hydroxyl groups is 1. The molecule has 0 radical (unpaired) electrons. The van der Waals surface area contributed by atoms with Gasteiger partial charge in [0, 0.05) is 12.5 Å². The fourth-order valence-corrected chi connectivity index (χ4v) is 3.53. The minimum atomic E-state index is -0.557. The molecule has 1 aromatic carbocycles. The highest BCUT2D eigenvalue weighted by Gasteiger charge is 2.46. The Bertz CT molecular complexity index is 671. The zero-order valence-electron chi connectivity index (χ0n) is 14.8. The van der Waals surface area contributed by atoms with Crippen LogP contribution < -0.4 is 4.90 Å². The van der Waals surface area contributed by atoms with Crippen LogP contribution in [0, 0.1) is 0 Å². The van der Waals surface area contributed by atoms with Crippen molar-refractivity contribution < 1.29 is 9.63 Å². The fourth-order valence-electron chi connectivity index (χ4n) is 3.53. The normalized spacial score (nSPS) is 24.8. The van der Waals surface area contributed by atoms with Crippen LogP contribution in [-0.2, 0) is 5.54 Å². The van der Waals surface area contributed by atoms with Crippen LogP contribution in [-0.4, -0.2) is 53.4 Å². The lowest BCUT2D eigenvalue weighted by atomic mass is 9.77. The van der Waals surface area contributed by atoms with Crippen LogP contribution >= 0.6 is 0 Å². The van der Waals surface area contributed by atoms with Gasteiger partial charge in [-0.25, -0.2) is 0 Å². The van der Waals surface area contributed by atoms with Crippen molar-refractivity contribution >= 4 is 6.01 Å². The summed E-state index contributed by atoms with van der Waals surface area (Å²) in [4.78, 5) is 8.56. The fraction of sp³-hybridized carbons (Fsp3) is 0.556. The Morgan fingerprint density at radius 1 is 1.29 bits per heavy atom. The number of rotatable bonds is 4. The molecule has 1 saturated heterocycles. The van der Waals surface area contributed by atoms with Crippen molar-refractivity contribution in [1.82, 2.24) is 15.0 Å². The smallest absolute Gasteiger partial charge is 0.324 e. The Labute approximate surface area is 143 Å². The molecule has 0 bridgehead atoms. The Kier molecular flexibility index (Phi) is 4.60. The average Bonchev–Trinajstić information content (AvgIpc) is 3.05. The van der Waals surface area contributed by atoms with Gasteiger partial charge in [0.1, 0.15) is 0 Å². The molecule has 1 aliphatic rings. The molecule has 0 saturated carbocycles. The topological polar surface area (TPSA) is 65.6 Å². The van der Waals surface area contributed by atoms with Gasteiger partial charge in [0.05, 0.1) is 18.2 Å². The van der Waals surface area contributed by atoms with Gasteiger partial charge in [-0.1, -0.05) is 49.3 Å². The van der Waals surface area contributed by atoms with Gasteiger partial charge < -0.3 is 14.5 Å². The molecule has 3 rings (SSSR count). The number of β-amino-alcohol motifs (C(OH)–C–C–N with tert-alkyl or cyclic N) is 1. The van der Waals surface area contributed by atoms with E-state index in [-0.39, 0.29) is 5.92 Å². The first kappa shape index (κ1) is 16.9. The molecular formula is C18H26N4O2. The molecule has 1 N–H and O–H groups in total. The first-order chi connectivity index (χ1) is 11.4. The molecule has 130 valence electrons. The van der Waals surface area contributed by atoms with E-state index in [0.29, 0.717) is 18.4 Å². The predicted molar refractivity (Wildman–Crippen MR) is 93.0 cm³/mol. The summed E-state index contributed by atoms with van der Waals surface area (Å²) in [6.07, 6.45) is 0.225. The monoisotopic (exact) mass is 330 g/mol. The number of anilines is 1. The molecule has 6 nitrogen and oxygen atoms in total. The van der Waals surface area contributed by atoms with Crippen molar-refractivity contribution in [3.05, 3.63) is 41.7 Å². The second-order valence-corrected chi connectivity index (χ2v) is 6.99. The molecule has 0 spiro atoms. The maximum atomic E-state index is 11.0. The molecular weight excluding hydrogens is 304 g/mol. The summed E-state index contributed by atoms with van der Waals surface area (Å²) in [6, 6.07) is 10.7. The molecule has 1 aromatic heterocycles. The average molecular weight is 330 g/mol. The molecule has 2 aromatic rings. The molecule has 24 heavy (non-hydrogen) atoms. The zero-order valence-corrected chi connectivity index (χ0v) is 14.8. The molecule has 6 heteroatoms. The summed E-state index contributed by atoms with van der Waals surface area (Å²) in [7, 11) is 4.05. The van der Waals surface area contributed by atoms with Crippen LogP contribution in [0.15, 0.2) is 34.9 Å². The second-order valence-electron chi connectivity index (χ2n) is 6.99. The molecule has 1 fully saturated rings. The van der Waals surface area contributed by atoms with Crippen molar-refractivity contribution in [1.29, 1.82) is 0 Å². The zero-order chi connectivity index (χ0) is 17.3. The second kappa shape index (κ2) is 6.53. The van der Waals surface area contributed by atoms with E-state index in [1.165, 1.54) is 0 Å². The van der Waals surface area contributed by atoms with Crippen LogP contribution in [0.25, 0.3) is 0 Å². The third-order valence-corrected chi connectivity index (χ3v) is 5.00. The van der Waals surface area contributed by atoms with E-state index in [1.807, 2.05) is 51.0 Å². The summed E-state index contributed by atoms with van der Waals surface area (Å²) in [6.45, 7) is 5.29. The van der Waals surface area contributed by atoms with Crippen molar-refractivity contribution in [3.63, 3.8) is 0 Å². The van der Waals surface area contributed by atoms with E-state index in [0.717, 1.165) is 18.5 Å². The van der Waals surface area contributed by atoms with Crippen LogP contribution in [0.1, 0.15) is 37.6 Å². The third kappa shape index (κ3) is 2.80. The number of hydrogen-bond donors (Lipinski definition) is 1. The Morgan fingerprint density at radius 2 is 2.00 bits per heavy atom. The third-order valence-electron chi connectivity index (χ3n) is 5.00. The number of nitrogens with zero attached hydrogens (tertiary/aromatic N) is 4. The molecule has 0 aliphatic carbocycles. The molecule has 2 heterocycles. The van der Waals surface area contributed by atoms with Gasteiger partial charge in [0.15, 0.2) is 5.82 Å². The first-order valence-electron chi connectivity index (χ1n) is 8.44. The molecule has 0 unspecified atom stereocenters. The summed E-state index contributed by atoms with van der Waals surface area (Å²) < 4.78 is 5.39. The number of aromatic nitrogens is 2. The van der Waals surface area contributed by atoms with Crippen molar-refractivity contribution in [2.75, 3.05) is 32.1 Å². The Morgan fingerprint density at radius 3 is 2.54 bits per heavy atom. The summed E-state index contributed by atoms with van der Waals surface area (Å²) in [5.74, 6) is 0.925. The number of aliphatic hydroxyl groups excluding tert-OH is 1. The number of likely N-dealkylation sites (N-methyl/N-ethyl adjacent to an activating group) is 1. The quantitative estimate of drug-likeness (QED) is 0.927. The van der Waals surface area contributed by atoms with E-state index < -0.39 is 11.6 Å². The highest BCUT2D eigenvalue weighted by molar-refractivity contribution is 5.34. The van der Waals surface area contributed by atoms with Gasteiger partial charge in [0.2, 0.25) is 0 Å². The highest BCUT2D eigenvalue weighted by atomic mass is 16.5. The number of hydrogen-bond acceptors (Lipinski definition) is 6. The lowest BCUT2D eigenvalue weighted by molar-refractivity contribution is -0.0256. The minimum Gasteiger partial charge on any atom is -0.389 e. The number of benzene rings is 1. The molecule has 2 atom stereocenters. The van der Waals surface area contributed by atoms with Crippen molar-refractivity contribution in [3.8, 4) is 0 Å². The van der Waals surface area contributed by atoms with E-state index in [1.54, 1.807) is 0 Å². The van der Waals surface area contributed by atoms with E-state index in [9.17, 15) is 5.11 Å². The standard InChI is InChI=1S/C18H26N4O2/c1-13(2)16-19-17(24-20-16)22-11-10-18(21(3)4,15(23)12-22)14-8-6-5-7-9-14/h5-9,13,15,23H,10-12H2,1-4H3/t15-,18+/m1/s1. The van der Waals surface area contributed by atoms with Crippen LogP contribution in [0.2, 0.25) is 0 Å². The maximum Gasteiger partial charge on any atom is 0.324 e. The SMILES string of the molecule is CC(C)c1noc(N2CC[C@@](c3ccccc3)(N(C)C)[C@H](O)C2)n1. The van der Waals surface area contributed by atoms with Gasteiger partial charge >= 0.3 is 6.01 Å². The first-order valence-corrected chi connectivity index (χ1v) is 8.44. The van der Waals surface area contributed by atoms with E-state index in [2.05, 4.69) is 27.2 Å². The van der Waals surface area contributed by atoms with Crippen LogP contribution in [0.3, 0.4) is 0 Å². The van der Waals surface area contributed by atoms with Gasteiger partial charge in [-0.15, -0.1) is 0 Å². The van der Waals surface area contributed by atoms with Crippen LogP contribution in [0.5, 0.6) is 0 Å².